The van der Waals surface area contributed by atoms with Gasteiger partial charge in [-0.2, -0.15) is 0 Å². The van der Waals surface area contributed by atoms with Crippen molar-refractivity contribution in [2.24, 2.45) is 0 Å². The van der Waals surface area contributed by atoms with Gasteiger partial charge in [0, 0.05) is 5.56 Å². The molecule has 0 radical (unpaired) electrons. The summed E-state index contributed by atoms with van der Waals surface area (Å²) in [4.78, 5) is 22.4. The molecule has 0 N–H and O–H groups in total. The zero-order valence-corrected chi connectivity index (χ0v) is 10.2. The molecule has 0 bridgehead atoms. The topological polar surface area (TPSA) is 34.1 Å². The molecule has 0 aliphatic carbocycles. The molecule has 0 heterocycles. The van der Waals surface area contributed by atoms with Gasteiger partial charge >= 0.3 is 0 Å². The first-order valence-electron chi connectivity index (χ1n) is 4.51. The van der Waals surface area contributed by atoms with Crippen LogP contribution in [0, 0.1) is 12.7 Å². The van der Waals surface area contributed by atoms with Gasteiger partial charge in [0.2, 0.25) is 0 Å². The number of carbonyl (C=O) groups excluding carboxylic acids is 2. The third kappa shape index (κ3) is 2.60. The van der Waals surface area contributed by atoms with Crippen molar-refractivity contribution in [2.75, 3.05) is 0 Å². The van der Waals surface area contributed by atoms with E-state index < -0.39 is 11.6 Å². The van der Waals surface area contributed by atoms with E-state index in [1.54, 1.807) is 0 Å². The molecule has 0 amide bonds. The molecule has 2 nitrogen and oxygen atoms in total. The highest BCUT2D eigenvalue weighted by Crippen LogP contribution is 2.30. The number of hydrogen-bond acceptors (Lipinski definition) is 2. The second kappa shape index (κ2) is 4.93. The van der Waals surface area contributed by atoms with Crippen molar-refractivity contribution in [1.82, 2.24) is 0 Å². The predicted octanol–water partition coefficient (Wildman–Crippen LogP) is 3.60. The normalized spacial score (nSPS) is 10.3. The number of ketones is 2. The van der Waals surface area contributed by atoms with Gasteiger partial charge in [-0.1, -0.05) is 23.2 Å². The average Bonchev–Trinajstić information content (AvgIpc) is 2.19. The van der Waals surface area contributed by atoms with Gasteiger partial charge in [-0.25, -0.2) is 4.39 Å². The SMILES string of the molecule is CC(=O)CC(=O)c1cc(F)c(Cl)c(C)c1Cl. The molecule has 1 aromatic carbocycles. The van der Waals surface area contributed by atoms with E-state index in [9.17, 15) is 14.0 Å². The van der Waals surface area contributed by atoms with Crippen molar-refractivity contribution in [1.29, 1.82) is 0 Å². The Hall–Kier alpha value is -0.930. The zero-order valence-electron chi connectivity index (χ0n) is 8.73. The van der Waals surface area contributed by atoms with Crippen LogP contribution in [-0.2, 0) is 4.79 Å². The number of hydrogen-bond donors (Lipinski definition) is 0. The van der Waals surface area contributed by atoms with E-state index in [0.29, 0.717) is 5.56 Å². The summed E-state index contributed by atoms with van der Waals surface area (Å²) in [5, 5.41) is -0.0120. The van der Waals surface area contributed by atoms with Gasteiger partial charge in [0.25, 0.3) is 0 Å². The summed E-state index contributed by atoms with van der Waals surface area (Å²) < 4.78 is 13.3. The van der Waals surface area contributed by atoms with Gasteiger partial charge in [-0.15, -0.1) is 0 Å². The monoisotopic (exact) mass is 262 g/mol. The van der Waals surface area contributed by atoms with Crippen LogP contribution < -0.4 is 0 Å². The van der Waals surface area contributed by atoms with Crippen molar-refractivity contribution < 1.29 is 14.0 Å². The van der Waals surface area contributed by atoms with E-state index in [1.807, 2.05) is 0 Å². The van der Waals surface area contributed by atoms with E-state index in [1.165, 1.54) is 13.8 Å². The summed E-state index contributed by atoms with van der Waals surface area (Å²) in [7, 11) is 0. The third-order valence-corrected chi connectivity index (χ3v) is 3.04. The minimum atomic E-state index is -0.713. The van der Waals surface area contributed by atoms with E-state index >= 15 is 0 Å². The summed E-state index contributed by atoms with van der Waals surface area (Å²) in [6.07, 6.45) is -0.291. The van der Waals surface area contributed by atoms with Crippen LogP contribution in [0.5, 0.6) is 0 Å². The van der Waals surface area contributed by atoms with Crippen molar-refractivity contribution in [3.8, 4) is 0 Å². The summed E-state index contributed by atoms with van der Waals surface area (Å²) in [6, 6.07) is 0.961. The molecule has 0 aliphatic rings. The zero-order chi connectivity index (χ0) is 12.5. The van der Waals surface area contributed by atoms with Crippen LogP contribution in [-0.4, -0.2) is 11.6 Å². The van der Waals surface area contributed by atoms with Crippen LogP contribution in [0.4, 0.5) is 4.39 Å². The Bertz CT molecular complexity index is 470. The highest BCUT2D eigenvalue weighted by molar-refractivity contribution is 6.38. The fourth-order valence-corrected chi connectivity index (χ4v) is 1.71. The largest absolute Gasteiger partial charge is 0.300 e. The smallest absolute Gasteiger partial charge is 0.171 e. The second-order valence-electron chi connectivity index (χ2n) is 3.46. The molecule has 16 heavy (non-hydrogen) atoms. The van der Waals surface area contributed by atoms with Crippen LogP contribution in [0.1, 0.15) is 29.3 Å². The number of rotatable bonds is 3. The van der Waals surface area contributed by atoms with Gasteiger partial charge in [0.05, 0.1) is 16.5 Å². The van der Waals surface area contributed by atoms with Gasteiger partial charge in [0.1, 0.15) is 11.6 Å². The Morgan fingerprint density at radius 1 is 1.31 bits per heavy atom. The summed E-state index contributed by atoms with van der Waals surface area (Å²) in [6.45, 7) is 2.79. The minimum absolute atomic E-state index is 0.00346. The molecular weight excluding hydrogens is 254 g/mol. The summed E-state index contributed by atoms with van der Waals surface area (Å²) in [5.74, 6) is -1.51. The second-order valence-corrected chi connectivity index (χ2v) is 4.22. The highest BCUT2D eigenvalue weighted by atomic mass is 35.5. The Kier molecular flexibility index (Phi) is 4.05. The number of Topliss-reactive ketones (excluding diaryl/α,β-unsaturated/α-hetero) is 2. The molecule has 0 aliphatic heterocycles. The molecule has 0 aromatic heterocycles. The maximum Gasteiger partial charge on any atom is 0.171 e. The Labute approximate surface area is 102 Å². The van der Waals surface area contributed by atoms with Gasteiger partial charge in [-0.3, -0.25) is 9.59 Å². The fourth-order valence-electron chi connectivity index (χ4n) is 1.26. The molecule has 0 fully saturated rings. The maximum absolute atomic E-state index is 13.3. The van der Waals surface area contributed by atoms with Crippen LogP contribution in [0.25, 0.3) is 0 Å². The van der Waals surface area contributed by atoms with E-state index in [0.717, 1.165) is 6.07 Å². The first kappa shape index (κ1) is 13.1. The minimum Gasteiger partial charge on any atom is -0.300 e. The van der Waals surface area contributed by atoms with Crippen molar-refractivity contribution in [3.05, 3.63) is 33.1 Å². The summed E-state index contributed by atoms with van der Waals surface area (Å²) in [5.41, 5.74) is 0.298. The van der Waals surface area contributed by atoms with E-state index in [4.69, 9.17) is 23.2 Å². The molecular formula is C11H9Cl2FO2. The Morgan fingerprint density at radius 3 is 2.38 bits per heavy atom. The van der Waals surface area contributed by atoms with E-state index in [2.05, 4.69) is 0 Å². The van der Waals surface area contributed by atoms with Gasteiger partial charge in [-0.05, 0) is 25.5 Å². The van der Waals surface area contributed by atoms with Gasteiger partial charge in [0.15, 0.2) is 5.78 Å². The molecule has 86 valence electrons. The van der Waals surface area contributed by atoms with E-state index in [-0.39, 0.29) is 27.8 Å². The standard InChI is InChI=1S/C11H9Cl2FO2/c1-5(15)3-9(16)7-4-8(14)11(13)6(2)10(7)12/h4H,3H2,1-2H3. The fraction of sp³-hybridized carbons (Fsp3) is 0.273. The molecule has 5 heteroatoms. The lowest BCUT2D eigenvalue weighted by molar-refractivity contribution is -0.116. The maximum atomic E-state index is 13.3. The molecule has 0 saturated carbocycles. The Morgan fingerprint density at radius 2 is 1.88 bits per heavy atom. The van der Waals surface area contributed by atoms with Crippen LogP contribution in [0.2, 0.25) is 10.0 Å². The highest BCUT2D eigenvalue weighted by Gasteiger charge is 2.18. The molecule has 1 rings (SSSR count). The number of benzene rings is 1. The summed E-state index contributed by atoms with van der Waals surface area (Å²) >= 11 is 11.5. The Balaban J connectivity index is 3.25. The molecule has 0 unspecified atom stereocenters. The average molecular weight is 263 g/mol. The lowest BCUT2D eigenvalue weighted by atomic mass is 10.0. The van der Waals surface area contributed by atoms with Gasteiger partial charge < -0.3 is 0 Å². The van der Waals surface area contributed by atoms with Crippen molar-refractivity contribution in [3.63, 3.8) is 0 Å². The first-order valence-corrected chi connectivity index (χ1v) is 5.27. The molecule has 1 aromatic rings. The van der Waals surface area contributed by atoms with Crippen LogP contribution in [0.3, 0.4) is 0 Å². The molecule has 0 saturated heterocycles. The lowest BCUT2D eigenvalue weighted by Crippen LogP contribution is -2.07. The van der Waals surface area contributed by atoms with Crippen LogP contribution >= 0.6 is 23.2 Å². The third-order valence-electron chi connectivity index (χ3n) is 2.09. The van der Waals surface area contributed by atoms with Crippen molar-refractivity contribution in [2.45, 2.75) is 20.3 Å². The number of carbonyl (C=O) groups is 2. The predicted molar refractivity (Wildman–Crippen MR) is 60.8 cm³/mol. The number of halogens is 3. The molecule has 0 spiro atoms. The first-order chi connectivity index (χ1) is 7.34. The van der Waals surface area contributed by atoms with Crippen LogP contribution in [0.15, 0.2) is 6.07 Å². The lowest BCUT2D eigenvalue weighted by Gasteiger charge is -2.08. The molecule has 0 atom stereocenters. The quantitative estimate of drug-likeness (QED) is 0.474. The van der Waals surface area contributed by atoms with Crippen molar-refractivity contribution >= 4 is 34.8 Å².